The molecule has 19 heavy (non-hydrogen) atoms. The third kappa shape index (κ3) is 4.51. The van der Waals surface area contributed by atoms with Crippen molar-refractivity contribution >= 4 is 21.8 Å². The molecule has 0 saturated carbocycles. The van der Waals surface area contributed by atoms with Crippen molar-refractivity contribution < 1.29 is 9.53 Å². The summed E-state index contributed by atoms with van der Waals surface area (Å²) in [5.74, 6) is 0.248. The Hall–Kier alpha value is -1.07. The lowest BCUT2D eigenvalue weighted by Crippen LogP contribution is -2.33. The number of amides is 1. The van der Waals surface area contributed by atoms with E-state index in [4.69, 9.17) is 10.5 Å². The number of primary amides is 1. The molecule has 5 heteroatoms. The first kappa shape index (κ1) is 16.0. The van der Waals surface area contributed by atoms with Gasteiger partial charge in [0.25, 0.3) is 5.91 Å². The van der Waals surface area contributed by atoms with E-state index in [9.17, 15) is 4.79 Å². The van der Waals surface area contributed by atoms with E-state index in [0.29, 0.717) is 12.2 Å². The van der Waals surface area contributed by atoms with Gasteiger partial charge in [-0.2, -0.15) is 0 Å². The van der Waals surface area contributed by atoms with Crippen LogP contribution in [0.15, 0.2) is 22.7 Å². The number of rotatable bonds is 7. The quantitative estimate of drug-likeness (QED) is 0.808. The zero-order valence-electron chi connectivity index (χ0n) is 11.6. The van der Waals surface area contributed by atoms with Crippen LogP contribution in [0.2, 0.25) is 0 Å². The maximum Gasteiger partial charge on any atom is 0.258 e. The average Bonchev–Trinajstić information content (AvgIpc) is 2.35. The molecule has 0 heterocycles. The lowest BCUT2D eigenvalue weighted by Gasteiger charge is -2.21. The largest absolute Gasteiger partial charge is 0.480 e. The predicted molar refractivity (Wildman–Crippen MR) is 80.1 cm³/mol. The van der Waals surface area contributed by atoms with Gasteiger partial charge in [0.15, 0.2) is 6.10 Å². The molecule has 1 aromatic rings. The molecule has 1 rings (SSSR count). The summed E-state index contributed by atoms with van der Waals surface area (Å²) in [5.41, 5.74) is 6.34. The zero-order valence-corrected chi connectivity index (χ0v) is 13.2. The summed E-state index contributed by atoms with van der Waals surface area (Å²) in [5, 5.41) is 3.33. The normalized spacial score (nSPS) is 13.9. The molecule has 0 aromatic heterocycles. The van der Waals surface area contributed by atoms with Gasteiger partial charge in [0.05, 0.1) is 0 Å². The SMILES string of the molecule is CCNC(C)c1ccc(Br)cc1OC(CC)C(N)=O. The number of benzene rings is 1. The van der Waals surface area contributed by atoms with Crippen LogP contribution in [0.4, 0.5) is 0 Å². The van der Waals surface area contributed by atoms with Gasteiger partial charge in [-0.1, -0.05) is 35.8 Å². The number of carbonyl (C=O) groups is 1. The van der Waals surface area contributed by atoms with Crippen molar-refractivity contribution in [3.8, 4) is 5.75 Å². The van der Waals surface area contributed by atoms with Crippen molar-refractivity contribution in [2.24, 2.45) is 5.73 Å². The maximum atomic E-state index is 11.3. The van der Waals surface area contributed by atoms with E-state index in [-0.39, 0.29) is 6.04 Å². The van der Waals surface area contributed by atoms with Crippen molar-refractivity contribution in [1.82, 2.24) is 5.32 Å². The van der Waals surface area contributed by atoms with Gasteiger partial charge in [0, 0.05) is 16.1 Å². The van der Waals surface area contributed by atoms with Gasteiger partial charge >= 0.3 is 0 Å². The number of halogens is 1. The molecule has 3 N–H and O–H groups in total. The van der Waals surface area contributed by atoms with Crippen LogP contribution in [0.25, 0.3) is 0 Å². The molecular formula is C14H21BrN2O2. The highest BCUT2D eigenvalue weighted by Crippen LogP contribution is 2.29. The standard InChI is InChI=1S/C14H21BrN2O2/c1-4-12(14(16)18)19-13-8-10(15)6-7-11(13)9(3)17-5-2/h6-9,12,17H,4-5H2,1-3H3,(H2,16,18). The molecular weight excluding hydrogens is 308 g/mol. The molecule has 0 bridgehead atoms. The Balaban J connectivity index is 3.02. The van der Waals surface area contributed by atoms with Crippen LogP contribution in [-0.4, -0.2) is 18.6 Å². The molecule has 0 saturated heterocycles. The minimum absolute atomic E-state index is 0.151. The van der Waals surface area contributed by atoms with Gasteiger partial charge in [-0.25, -0.2) is 0 Å². The molecule has 0 fully saturated rings. The summed E-state index contributed by atoms with van der Waals surface area (Å²) in [4.78, 5) is 11.3. The highest BCUT2D eigenvalue weighted by Gasteiger charge is 2.18. The summed E-state index contributed by atoms with van der Waals surface area (Å²) in [6.45, 7) is 6.85. The molecule has 1 aromatic carbocycles. The summed E-state index contributed by atoms with van der Waals surface area (Å²) in [6, 6.07) is 5.97. The van der Waals surface area contributed by atoms with Gasteiger partial charge in [-0.3, -0.25) is 4.79 Å². The monoisotopic (exact) mass is 328 g/mol. The Bertz CT molecular complexity index is 437. The Morgan fingerprint density at radius 3 is 2.68 bits per heavy atom. The Kier molecular flexibility index (Phi) is 6.31. The summed E-state index contributed by atoms with van der Waals surface area (Å²) in [7, 11) is 0. The van der Waals surface area contributed by atoms with E-state index < -0.39 is 12.0 Å². The Labute approximate surface area is 122 Å². The summed E-state index contributed by atoms with van der Waals surface area (Å²) < 4.78 is 6.67. The molecule has 4 nitrogen and oxygen atoms in total. The molecule has 106 valence electrons. The van der Waals surface area contributed by atoms with Crippen LogP contribution in [0.1, 0.15) is 38.8 Å². The van der Waals surface area contributed by atoms with E-state index in [1.807, 2.05) is 32.0 Å². The van der Waals surface area contributed by atoms with Crippen molar-refractivity contribution in [3.63, 3.8) is 0 Å². The number of carbonyl (C=O) groups excluding carboxylic acids is 1. The molecule has 0 spiro atoms. The topological polar surface area (TPSA) is 64.3 Å². The lowest BCUT2D eigenvalue weighted by atomic mass is 10.1. The third-order valence-electron chi connectivity index (χ3n) is 2.91. The smallest absolute Gasteiger partial charge is 0.258 e. The second-order valence-corrected chi connectivity index (χ2v) is 5.29. The minimum atomic E-state index is -0.595. The number of hydrogen-bond acceptors (Lipinski definition) is 3. The van der Waals surface area contributed by atoms with Gasteiger partial charge in [0.1, 0.15) is 5.75 Å². The van der Waals surface area contributed by atoms with Crippen molar-refractivity contribution in [1.29, 1.82) is 0 Å². The van der Waals surface area contributed by atoms with Crippen LogP contribution in [0, 0.1) is 0 Å². The first-order chi connectivity index (χ1) is 8.99. The molecule has 0 aliphatic carbocycles. The second kappa shape index (κ2) is 7.50. The molecule has 0 radical (unpaired) electrons. The van der Waals surface area contributed by atoms with Crippen LogP contribution in [-0.2, 0) is 4.79 Å². The fourth-order valence-electron chi connectivity index (χ4n) is 1.88. The zero-order chi connectivity index (χ0) is 14.4. The number of nitrogens with one attached hydrogen (secondary N) is 1. The van der Waals surface area contributed by atoms with Gasteiger partial charge in [-0.05, 0) is 32.0 Å². The molecule has 2 atom stereocenters. The second-order valence-electron chi connectivity index (χ2n) is 4.38. The fraction of sp³-hybridized carbons (Fsp3) is 0.500. The molecule has 1 amide bonds. The van der Waals surface area contributed by atoms with Crippen molar-refractivity contribution in [2.75, 3.05) is 6.54 Å². The summed E-state index contributed by atoms with van der Waals surface area (Å²) in [6.07, 6.45) is -0.0430. The highest BCUT2D eigenvalue weighted by molar-refractivity contribution is 9.10. The van der Waals surface area contributed by atoms with E-state index in [0.717, 1.165) is 16.6 Å². The van der Waals surface area contributed by atoms with Crippen LogP contribution in [0.3, 0.4) is 0 Å². The molecule has 0 aliphatic rings. The molecule has 0 aliphatic heterocycles. The summed E-state index contributed by atoms with van der Waals surface area (Å²) >= 11 is 3.42. The lowest BCUT2D eigenvalue weighted by molar-refractivity contribution is -0.124. The van der Waals surface area contributed by atoms with Crippen molar-refractivity contribution in [3.05, 3.63) is 28.2 Å². The predicted octanol–water partition coefficient (Wildman–Crippen LogP) is 2.76. The minimum Gasteiger partial charge on any atom is -0.480 e. The number of hydrogen-bond donors (Lipinski definition) is 2. The Morgan fingerprint density at radius 1 is 1.47 bits per heavy atom. The Morgan fingerprint density at radius 2 is 2.16 bits per heavy atom. The van der Waals surface area contributed by atoms with Gasteiger partial charge < -0.3 is 15.8 Å². The third-order valence-corrected chi connectivity index (χ3v) is 3.40. The first-order valence-corrected chi connectivity index (χ1v) is 7.27. The van der Waals surface area contributed by atoms with Gasteiger partial charge in [-0.15, -0.1) is 0 Å². The van der Waals surface area contributed by atoms with Crippen LogP contribution >= 0.6 is 15.9 Å². The van der Waals surface area contributed by atoms with E-state index >= 15 is 0 Å². The van der Waals surface area contributed by atoms with E-state index in [1.165, 1.54) is 0 Å². The van der Waals surface area contributed by atoms with Gasteiger partial charge in [0.2, 0.25) is 0 Å². The fourth-order valence-corrected chi connectivity index (χ4v) is 2.22. The van der Waals surface area contributed by atoms with E-state index in [2.05, 4.69) is 28.2 Å². The van der Waals surface area contributed by atoms with Crippen LogP contribution < -0.4 is 15.8 Å². The first-order valence-electron chi connectivity index (χ1n) is 6.48. The molecule has 2 unspecified atom stereocenters. The van der Waals surface area contributed by atoms with E-state index in [1.54, 1.807) is 0 Å². The number of nitrogens with two attached hydrogens (primary N) is 1. The number of ether oxygens (including phenoxy) is 1. The maximum absolute atomic E-state index is 11.3. The highest BCUT2D eigenvalue weighted by atomic mass is 79.9. The van der Waals surface area contributed by atoms with Crippen LogP contribution in [0.5, 0.6) is 5.75 Å². The van der Waals surface area contributed by atoms with Crippen molar-refractivity contribution in [2.45, 2.75) is 39.3 Å². The average molecular weight is 329 g/mol.